The van der Waals surface area contributed by atoms with Gasteiger partial charge in [0.25, 0.3) is 0 Å². The van der Waals surface area contributed by atoms with Gasteiger partial charge in [-0.15, -0.1) is 0 Å². The van der Waals surface area contributed by atoms with Crippen molar-refractivity contribution >= 4 is 32.8 Å². The first-order valence-corrected chi connectivity index (χ1v) is 13.4. The van der Waals surface area contributed by atoms with Gasteiger partial charge < -0.3 is 0 Å². The van der Waals surface area contributed by atoms with E-state index in [1.165, 1.54) is 60.8 Å². The molecular weight excluding hydrogens is 446 g/mol. The third-order valence-electron chi connectivity index (χ3n) is 8.89. The van der Waals surface area contributed by atoms with Crippen LogP contribution in [0.1, 0.15) is 50.3 Å². The van der Waals surface area contributed by atoms with Gasteiger partial charge in [0.05, 0.1) is 19.7 Å². The highest BCUT2D eigenvalue weighted by atomic mass is 15.3. The predicted molar refractivity (Wildman–Crippen MR) is 162 cm³/mol. The quantitative estimate of drug-likeness (QED) is 0.201. The van der Waals surface area contributed by atoms with Crippen LogP contribution in [-0.2, 0) is 5.41 Å². The van der Waals surface area contributed by atoms with E-state index < -0.39 is 0 Å². The summed E-state index contributed by atoms with van der Waals surface area (Å²) in [5, 5.41) is 5.37. The molecule has 0 bridgehead atoms. The Hall–Kier alpha value is -3.68. The third kappa shape index (κ3) is 3.49. The number of likely N-dealkylation sites (N-methyl/N-ethyl adjacent to an activating group) is 1. The van der Waals surface area contributed by atoms with E-state index >= 15 is 0 Å². The molecule has 1 atom stereocenters. The molecule has 4 aromatic rings. The fourth-order valence-corrected chi connectivity index (χ4v) is 6.99. The Morgan fingerprint density at radius 1 is 0.757 bits per heavy atom. The zero-order valence-corrected chi connectivity index (χ0v) is 22.8. The summed E-state index contributed by atoms with van der Waals surface area (Å²) in [7, 11) is 4.58. The average molecular weight is 483 g/mol. The van der Waals surface area contributed by atoms with E-state index in [-0.39, 0.29) is 5.41 Å². The van der Waals surface area contributed by atoms with Gasteiger partial charge in [0, 0.05) is 23.0 Å². The second-order valence-electron chi connectivity index (χ2n) is 11.6. The molecule has 0 fully saturated rings. The lowest BCUT2D eigenvalue weighted by Gasteiger charge is -2.26. The van der Waals surface area contributed by atoms with Crippen LogP contribution < -0.4 is 4.48 Å². The molecular formula is C36H36N+. The van der Waals surface area contributed by atoms with Crippen molar-refractivity contribution in [1.29, 1.82) is 0 Å². The smallest absolute Gasteiger partial charge is 0.145 e. The van der Waals surface area contributed by atoms with Crippen LogP contribution in [0, 0.1) is 0 Å². The van der Waals surface area contributed by atoms with Crippen LogP contribution in [0.15, 0.2) is 114 Å². The van der Waals surface area contributed by atoms with E-state index in [1.807, 2.05) is 0 Å². The van der Waals surface area contributed by atoms with E-state index in [4.69, 9.17) is 0 Å². The van der Waals surface area contributed by atoms with Crippen LogP contribution in [0.5, 0.6) is 0 Å². The Morgan fingerprint density at radius 2 is 1.41 bits per heavy atom. The summed E-state index contributed by atoms with van der Waals surface area (Å²) >= 11 is 0. The van der Waals surface area contributed by atoms with E-state index in [0.717, 1.165) is 4.48 Å². The van der Waals surface area contributed by atoms with Crippen molar-refractivity contribution in [2.24, 2.45) is 0 Å². The third-order valence-corrected chi connectivity index (χ3v) is 8.89. The second kappa shape index (κ2) is 8.43. The Bertz CT molecular complexity index is 1690. The number of benzene rings is 4. The zero-order chi connectivity index (χ0) is 25.9. The van der Waals surface area contributed by atoms with Gasteiger partial charge in [-0.2, -0.15) is 0 Å². The van der Waals surface area contributed by atoms with E-state index in [2.05, 4.69) is 145 Å². The molecule has 37 heavy (non-hydrogen) atoms. The maximum Gasteiger partial charge on any atom is 0.145 e. The number of allylic oxidation sites excluding steroid dienone is 7. The van der Waals surface area contributed by atoms with Gasteiger partial charge in [-0.05, 0) is 51.7 Å². The van der Waals surface area contributed by atoms with Crippen molar-refractivity contribution in [3.05, 3.63) is 131 Å². The van der Waals surface area contributed by atoms with Gasteiger partial charge in [0.15, 0.2) is 0 Å². The van der Waals surface area contributed by atoms with Crippen LogP contribution in [-0.4, -0.2) is 14.1 Å². The predicted octanol–water partition coefficient (Wildman–Crippen LogP) is 9.44. The SMILES string of the molecule is CC1=C(/C=C/C=C/C=C2\C(C)c3c(ccc4ccccc34)C2(C)C)[N+](C)(C)c2ccc3ccccc3c21. The number of hydrogen-bond acceptors (Lipinski definition) is 0. The molecule has 2 aliphatic rings. The van der Waals surface area contributed by atoms with Crippen LogP contribution in [0.3, 0.4) is 0 Å². The average Bonchev–Trinajstić information content (AvgIpc) is 3.21. The number of fused-ring (bicyclic) bond motifs is 6. The molecule has 0 N–H and O–H groups in total. The van der Waals surface area contributed by atoms with Gasteiger partial charge >= 0.3 is 0 Å². The first kappa shape index (κ1) is 23.7. The fraction of sp³-hybridized carbons (Fsp3) is 0.222. The molecule has 1 unspecified atom stereocenters. The summed E-state index contributed by atoms with van der Waals surface area (Å²) in [5.41, 5.74) is 9.94. The van der Waals surface area contributed by atoms with E-state index in [1.54, 1.807) is 0 Å². The van der Waals surface area contributed by atoms with Crippen molar-refractivity contribution in [1.82, 2.24) is 4.48 Å². The van der Waals surface area contributed by atoms with Crippen molar-refractivity contribution in [3.8, 4) is 0 Å². The van der Waals surface area contributed by atoms with Crippen molar-refractivity contribution in [2.45, 2.75) is 39.0 Å². The minimum atomic E-state index is 0.0268. The fourth-order valence-electron chi connectivity index (χ4n) is 6.99. The second-order valence-corrected chi connectivity index (χ2v) is 11.6. The monoisotopic (exact) mass is 482 g/mol. The standard InChI is InChI=1S/C36H36N/c1-24-30(36(3,4)31-22-20-26-14-10-12-16-28(26)34(24)31)18-8-7-9-19-32-25(2)35-29-17-13-11-15-27(29)21-23-33(35)37(32,5)6/h7-24H,1-6H3/q+1/b8-7+,19-9+,30-18+. The minimum absolute atomic E-state index is 0.0268. The number of hydrogen-bond donors (Lipinski definition) is 0. The van der Waals surface area contributed by atoms with E-state index in [0.29, 0.717) is 5.92 Å². The van der Waals surface area contributed by atoms with Gasteiger partial charge in [-0.3, -0.25) is 4.48 Å². The van der Waals surface area contributed by atoms with Crippen LogP contribution >= 0.6 is 0 Å². The minimum Gasteiger partial charge on any atom is -0.263 e. The molecule has 4 aromatic carbocycles. The highest BCUT2D eigenvalue weighted by Gasteiger charge is 2.40. The lowest BCUT2D eigenvalue weighted by Crippen LogP contribution is -2.36. The Balaban J connectivity index is 1.31. The summed E-state index contributed by atoms with van der Waals surface area (Å²) in [6, 6.07) is 26.7. The molecule has 0 amide bonds. The van der Waals surface area contributed by atoms with Crippen molar-refractivity contribution < 1.29 is 0 Å². The van der Waals surface area contributed by atoms with Gasteiger partial charge in [-0.25, -0.2) is 0 Å². The largest absolute Gasteiger partial charge is 0.263 e. The summed E-state index contributed by atoms with van der Waals surface area (Å²) < 4.78 is 0.768. The first-order chi connectivity index (χ1) is 17.7. The summed E-state index contributed by atoms with van der Waals surface area (Å²) in [6.07, 6.45) is 11.3. The van der Waals surface area contributed by atoms with Gasteiger partial charge in [0.1, 0.15) is 11.4 Å². The number of nitrogens with zero attached hydrogens (tertiary/aromatic N) is 1. The number of rotatable bonds is 3. The molecule has 1 nitrogen and oxygen atoms in total. The topological polar surface area (TPSA) is 0 Å². The van der Waals surface area contributed by atoms with Gasteiger partial charge in [0.2, 0.25) is 0 Å². The number of quaternary nitrogens is 1. The lowest BCUT2D eigenvalue weighted by atomic mass is 9.81. The maximum absolute atomic E-state index is 2.37. The maximum atomic E-state index is 2.37. The molecule has 0 saturated carbocycles. The Morgan fingerprint density at radius 3 is 2.16 bits per heavy atom. The normalized spacial score (nSPS) is 21.1. The molecule has 1 aliphatic heterocycles. The molecule has 0 spiro atoms. The Labute approximate surface area is 221 Å². The molecule has 1 aliphatic carbocycles. The molecule has 0 aromatic heterocycles. The van der Waals surface area contributed by atoms with Crippen molar-refractivity contribution in [2.75, 3.05) is 14.1 Å². The zero-order valence-electron chi connectivity index (χ0n) is 22.8. The molecule has 184 valence electrons. The van der Waals surface area contributed by atoms with Crippen LogP contribution in [0.2, 0.25) is 0 Å². The summed E-state index contributed by atoms with van der Waals surface area (Å²) in [6.45, 7) is 9.37. The Kier molecular flexibility index (Phi) is 5.40. The van der Waals surface area contributed by atoms with E-state index in [9.17, 15) is 0 Å². The molecule has 1 heteroatoms. The van der Waals surface area contributed by atoms with Crippen molar-refractivity contribution in [3.63, 3.8) is 0 Å². The van der Waals surface area contributed by atoms with Crippen LogP contribution in [0.25, 0.3) is 27.1 Å². The van der Waals surface area contributed by atoms with Crippen LogP contribution in [0.4, 0.5) is 5.69 Å². The highest BCUT2D eigenvalue weighted by Crippen LogP contribution is 2.52. The molecule has 0 saturated heterocycles. The molecule has 1 heterocycles. The lowest BCUT2D eigenvalue weighted by molar-refractivity contribution is 0.521. The highest BCUT2D eigenvalue weighted by molar-refractivity contribution is 6.02. The summed E-state index contributed by atoms with van der Waals surface area (Å²) in [5.74, 6) is 0.405. The molecule has 0 radical (unpaired) electrons. The summed E-state index contributed by atoms with van der Waals surface area (Å²) in [4.78, 5) is 0. The first-order valence-electron chi connectivity index (χ1n) is 13.4. The molecule has 6 rings (SSSR count). The van der Waals surface area contributed by atoms with Gasteiger partial charge in [-0.1, -0.05) is 111 Å².